The lowest BCUT2D eigenvalue weighted by Gasteiger charge is -2.16. The van der Waals surface area contributed by atoms with Crippen LogP contribution in [-0.2, 0) is 14.2 Å². The Morgan fingerprint density at radius 1 is 0.846 bits per heavy atom. The predicted octanol–water partition coefficient (Wildman–Crippen LogP) is 3.87. The molecule has 0 unspecified atom stereocenters. The predicted molar refractivity (Wildman–Crippen MR) is 98.2 cm³/mol. The van der Waals surface area contributed by atoms with Gasteiger partial charge in [-0.05, 0) is 36.2 Å². The largest absolute Gasteiger partial charge is 0.465 e. The second-order valence-corrected chi connectivity index (χ2v) is 6.04. The van der Waals surface area contributed by atoms with E-state index in [1.165, 1.54) is 20.3 Å². The molecule has 0 heterocycles. The zero-order valence-corrected chi connectivity index (χ0v) is 16.1. The van der Waals surface area contributed by atoms with Gasteiger partial charge in [0.15, 0.2) is 0 Å². The van der Waals surface area contributed by atoms with E-state index < -0.39 is 17.9 Å². The van der Waals surface area contributed by atoms with Crippen molar-refractivity contribution in [3.63, 3.8) is 0 Å². The van der Waals surface area contributed by atoms with E-state index in [-0.39, 0.29) is 23.3 Å². The van der Waals surface area contributed by atoms with Crippen molar-refractivity contribution in [3.05, 3.63) is 57.6 Å². The van der Waals surface area contributed by atoms with Gasteiger partial charge in [0, 0.05) is 4.47 Å². The number of ether oxygens (including phenoxy) is 3. The Kier molecular flexibility index (Phi) is 6.52. The molecule has 0 amide bonds. The highest BCUT2D eigenvalue weighted by Crippen LogP contribution is 2.31. The molecule has 136 valence electrons. The highest BCUT2D eigenvalue weighted by atomic mass is 79.9. The Morgan fingerprint density at radius 3 is 2.00 bits per heavy atom. The van der Waals surface area contributed by atoms with Crippen LogP contribution in [0.2, 0.25) is 0 Å². The number of carbonyl (C=O) groups excluding carboxylic acids is 3. The summed E-state index contributed by atoms with van der Waals surface area (Å²) in [6.45, 7) is 1.76. The van der Waals surface area contributed by atoms with Crippen LogP contribution in [-0.4, -0.2) is 38.7 Å². The van der Waals surface area contributed by atoms with E-state index in [2.05, 4.69) is 15.9 Å². The lowest BCUT2D eigenvalue weighted by molar-refractivity contribution is 0.0500. The van der Waals surface area contributed by atoms with Crippen LogP contribution in [0.1, 0.15) is 38.0 Å². The van der Waals surface area contributed by atoms with E-state index in [1.54, 1.807) is 37.3 Å². The Morgan fingerprint density at radius 2 is 1.46 bits per heavy atom. The Balaban J connectivity index is 2.83. The van der Waals surface area contributed by atoms with Crippen molar-refractivity contribution in [1.82, 2.24) is 0 Å². The topological polar surface area (TPSA) is 78.9 Å². The van der Waals surface area contributed by atoms with Gasteiger partial charge in [0.05, 0.1) is 37.5 Å². The highest BCUT2D eigenvalue weighted by molar-refractivity contribution is 9.10. The Bertz CT molecular complexity index is 842. The summed E-state index contributed by atoms with van der Waals surface area (Å²) in [5.41, 5.74) is 0.840. The first-order valence-corrected chi connectivity index (χ1v) is 8.50. The van der Waals surface area contributed by atoms with Gasteiger partial charge in [-0.1, -0.05) is 34.1 Å². The van der Waals surface area contributed by atoms with Crippen LogP contribution < -0.4 is 0 Å². The molecule has 2 aromatic rings. The van der Waals surface area contributed by atoms with Crippen LogP contribution in [0.3, 0.4) is 0 Å². The number of carbonyl (C=O) groups is 3. The van der Waals surface area contributed by atoms with Crippen molar-refractivity contribution >= 4 is 33.8 Å². The fraction of sp³-hybridized carbons (Fsp3) is 0.211. The number of benzene rings is 2. The summed E-state index contributed by atoms with van der Waals surface area (Å²) < 4.78 is 15.5. The van der Waals surface area contributed by atoms with Crippen LogP contribution in [0.15, 0.2) is 40.9 Å². The van der Waals surface area contributed by atoms with Gasteiger partial charge >= 0.3 is 17.9 Å². The molecule has 6 nitrogen and oxygen atoms in total. The Labute approximate surface area is 159 Å². The normalized spacial score (nSPS) is 10.2. The van der Waals surface area contributed by atoms with Gasteiger partial charge in [0.25, 0.3) is 0 Å². The van der Waals surface area contributed by atoms with Crippen LogP contribution >= 0.6 is 15.9 Å². The van der Waals surface area contributed by atoms with Crippen molar-refractivity contribution in [1.29, 1.82) is 0 Å². The zero-order valence-electron chi connectivity index (χ0n) is 14.5. The molecule has 0 spiro atoms. The lowest BCUT2D eigenvalue weighted by atomic mass is 9.91. The van der Waals surface area contributed by atoms with Gasteiger partial charge in [-0.2, -0.15) is 0 Å². The maximum atomic E-state index is 12.6. The smallest absolute Gasteiger partial charge is 0.339 e. The average molecular weight is 421 g/mol. The van der Waals surface area contributed by atoms with Gasteiger partial charge < -0.3 is 14.2 Å². The summed E-state index contributed by atoms with van der Waals surface area (Å²) in [6, 6.07) is 10.2. The molecule has 0 fully saturated rings. The van der Waals surface area contributed by atoms with Crippen molar-refractivity contribution in [2.24, 2.45) is 0 Å². The molecule has 2 aromatic carbocycles. The summed E-state index contributed by atoms with van der Waals surface area (Å²) in [5, 5.41) is 0. The third-order valence-electron chi connectivity index (χ3n) is 3.63. The molecule has 2 rings (SSSR count). The first-order valence-electron chi connectivity index (χ1n) is 7.71. The van der Waals surface area contributed by atoms with Crippen LogP contribution in [0.5, 0.6) is 0 Å². The van der Waals surface area contributed by atoms with Gasteiger partial charge in [0.1, 0.15) is 0 Å². The van der Waals surface area contributed by atoms with Gasteiger partial charge in [-0.15, -0.1) is 0 Å². The molecule has 0 aromatic heterocycles. The van der Waals surface area contributed by atoms with E-state index in [0.717, 1.165) is 4.47 Å². The maximum Gasteiger partial charge on any atom is 0.339 e. The summed E-state index contributed by atoms with van der Waals surface area (Å²) in [4.78, 5) is 37.1. The minimum Gasteiger partial charge on any atom is -0.465 e. The SMILES string of the molecule is CCOC(=O)c1c(-c2ccc(Br)cc2)ccc(C(=O)OC)c1C(=O)OC. The lowest BCUT2D eigenvalue weighted by Crippen LogP contribution is -2.19. The molecule has 0 saturated carbocycles. The molecule has 0 N–H and O–H groups in total. The fourth-order valence-corrected chi connectivity index (χ4v) is 2.75. The van der Waals surface area contributed by atoms with E-state index in [0.29, 0.717) is 11.1 Å². The molecule has 0 atom stereocenters. The van der Waals surface area contributed by atoms with Crippen LogP contribution in [0.25, 0.3) is 11.1 Å². The zero-order chi connectivity index (χ0) is 19.3. The number of methoxy groups -OCH3 is 2. The molecule has 0 saturated heterocycles. The molecule has 0 aliphatic carbocycles. The molecule has 0 aliphatic heterocycles. The van der Waals surface area contributed by atoms with E-state index >= 15 is 0 Å². The summed E-state index contributed by atoms with van der Waals surface area (Å²) in [6.07, 6.45) is 0. The molecular weight excluding hydrogens is 404 g/mol. The Hall–Kier alpha value is -2.67. The number of rotatable bonds is 5. The first-order chi connectivity index (χ1) is 12.4. The van der Waals surface area contributed by atoms with Crippen LogP contribution in [0.4, 0.5) is 0 Å². The number of esters is 3. The fourth-order valence-electron chi connectivity index (χ4n) is 2.48. The summed E-state index contributed by atoms with van der Waals surface area (Å²) in [7, 11) is 2.36. The van der Waals surface area contributed by atoms with Gasteiger partial charge in [-0.25, -0.2) is 14.4 Å². The third kappa shape index (κ3) is 3.94. The minimum absolute atomic E-state index is 0.0380. The molecule has 0 bridgehead atoms. The van der Waals surface area contributed by atoms with Crippen molar-refractivity contribution in [2.45, 2.75) is 6.92 Å². The number of hydrogen-bond acceptors (Lipinski definition) is 6. The summed E-state index contributed by atoms with van der Waals surface area (Å²) >= 11 is 3.35. The van der Waals surface area contributed by atoms with E-state index in [1.807, 2.05) is 0 Å². The molecule has 26 heavy (non-hydrogen) atoms. The monoisotopic (exact) mass is 420 g/mol. The molecule has 0 radical (unpaired) electrons. The highest BCUT2D eigenvalue weighted by Gasteiger charge is 2.29. The van der Waals surface area contributed by atoms with E-state index in [4.69, 9.17) is 14.2 Å². The summed E-state index contributed by atoms with van der Waals surface area (Å²) in [5.74, 6) is -2.30. The maximum absolute atomic E-state index is 12.6. The standard InChI is InChI=1S/C19H17BrO6/c1-4-26-19(23)15-13(11-5-7-12(20)8-6-11)9-10-14(17(21)24-2)16(15)18(22)25-3/h5-10H,4H2,1-3H3. The van der Waals surface area contributed by atoms with E-state index in [9.17, 15) is 14.4 Å². The molecular formula is C19H17BrO6. The van der Waals surface area contributed by atoms with Crippen LogP contribution in [0, 0.1) is 0 Å². The molecule has 7 heteroatoms. The van der Waals surface area contributed by atoms with Crippen molar-refractivity contribution < 1.29 is 28.6 Å². The van der Waals surface area contributed by atoms with Crippen molar-refractivity contribution in [2.75, 3.05) is 20.8 Å². The first kappa shape index (κ1) is 19.7. The second-order valence-electron chi connectivity index (χ2n) is 5.12. The molecule has 0 aliphatic rings. The quantitative estimate of drug-likeness (QED) is 0.539. The average Bonchev–Trinajstić information content (AvgIpc) is 2.66. The second kappa shape index (κ2) is 8.62. The number of hydrogen-bond donors (Lipinski definition) is 0. The minimum atomic E-state index is -0.826. The number of halogens is 1. The van der Waals surface area contributed by atoms with Gasteiger partial charge in [-0.3, -0.25) is 0 Å². The van der Waals surface area contributed by atoms with Gasteiger partial charge in [0.2, 0.25) is 0 Å². The third-order valence-corrected chi connectivity index (χ3v) is 4.16. The van der Waals surface area contributed by atoms with Crippen molar-refractivity contribution in [3.8, 4) is 11.1 Å².